The van der Waals surface area contributed by atoms with E-state index in [-0.39, 0.29) is 12.2 Å². The predicted molar refractivity (Wildman–Crippen MR) is 88.7 cm³/mol. The summed E-state index contributed by atoms with van der Waals surface area (Å²) in [7, 11) is 2.07. The van der Waals surface area contributed by atoms with E-state index in [4.69, 9.17) is 13.9 Å². The summed E-state index contributed by atoms with van der Waals surface area (Å²) in [6, 6.07) is 7.82. The van der Waals surface area contributed by atoms with E-state index in [1.165, 1.54) is 12.8 Å². The van der Waals surface area contributed by atoms with Crippen LogP contribution < -0.4 is 4.74 Å². The van der Waals surface area contributed by atoms with Gasteiger partial charge in [0.05, 0.1) is 18.3 Å². The zero-order chi connectivity index (χ0) is 16.5. The highest BCUT2D eigenvalue weighted by molar-refractivity contribution is 5.62. The molecule has 2 heterocycles. The molecule has 0 unspecified atom stereocenters. The van der Waals surface area contributed by atoms with Crippen molar-refractivity contribution in [3.63, 3.8) is 0 Å². The number of para-hydroxylation sites is 1. The van der Waals surface area contributed by atoms with Crippen LogP contribution in [-0.4, -0.2) is 47.9 Å². The van der Waals surface area contributed by atoms with Crippen molar-refractivity contribution in [2.24, 2.45) is 5.92 Å². The number of benzene rings is 1. The average Bonchev–Trinajstić information content (AvgIpc) is 3.26. The smallest absolute Gasteiger partial charge is 0.251 e. The van der Waals surface area contributed by atoms with Gasteiger partial charge in [-0.25, -0.2) is 0 Å². The van der Waals surface area contributed by atoms with Gasteiger partial charge in [0.1, 0.15) is 11.9 Å². The molecule has 2 aromatic rings. The second-order valence-electron chi connectivity index (χ2n) is 6.85. The molecule has 0 radical (unpaired) electrons. The Morgan fingerprint density at radius 1 is 1.21 bits per heavy atom. The highest BCUT2D eigenvalue weighted by Crippen LogP contribution is 2.34. The van der Waals surface area contributed by atoms with E-state index in [0.717, 1.165) is 31.0 Å². The van der Waals surface area contributed by atoms with Crippen molar-refractivity contribution in [3.8, 4) is 17.2 Å². The first kappa shape index (κ1) is 15.6. The molecular weight excluding hydrogens is 306 g/mol. The van der Waals surface area contributed by atoms with Gasteiger partial charge in [0.15, 0.2) is 0 Å². The van der Waals surface area contributed by atoms with Gasteiger partial charge in [-0.1, -0.05) is 12.1 Å². The molecule has 24 heavy (non-hydrogen) atoms. The summed E-state index contributed by atoms with van der Waals surface area (Å²) in [4.78, 5) is 2.22. The van der Waals surface area contributed by atoms with Crippen LogP contribution in [0.3, 0.4) is 0 Å². The lowest BCUT2D eigenvalue weighted by Gasteiger charge is -2.32. The Hall–Kier alpha value is -1.92. The Balaban J connectivity index is 1.54. The third-order valence-corrected chi connectivity index (χ3v) is 4.45. The van der Waals surface area contributed by atoms with Gasteiger partial charge in [-0.05, 0) is 44.9 Å². The Kier molecular flexibility index (Phi) is 4.24. The molecule has 1 aliphatic heterocycles. The van der Waals surface area contributed by atoms with E-state index < -0.39 is 0 Å². The average molecular weight is 329 g/mol. The maximum absolute atomic E-state index is 5.94. The van der Waals surface area contributed by atoms with Crippen molar-refractivity contribution >= 4 is 0 Å². The molecule has 0 bridgehead atoms. The summed E-state index contributed by atoms with van der Waals surface area (Å²) >= 11 is 0. The van der Waals surface area contributed by atoms with Crippen LogP contribution in [-0.2, 0) is 4.74 Å². The molecule has 6 nitrogen and oxygen atoms in total. The fourth-order valence-corrected chi connectivity index (χ4v) is 3.03. The third kappa shape index (κ3) is 3.44. The number of nitrogens with zero attached hydrogens (tertiary/aromatic N) is 3. The SMILES string of the molecule is C[C@@H]1CN(C)C[C@H](c2nnc(-c3ccccc3OCC3CC3)o2)O1. The molecule has 6 heteroatoms. The van der Waals surface area contributed by atoms with Crippen molar-refractivity contribution in [2.75, 3.05) is 26.7 Å². The first-order chi connectivity index (χ1) is 11.7. The summed E-state index contributed by atoms with van der Waals surface area (Å²) in [5, 5.41) is 8.43. The highest BCUT2D eigenvalue weighted by atomic mass is 16.5. The Labute approximate surface area is 141 Å². The number of morpholine rings is 1. The van der Waals surface area contributed by atoms with Crippen molar-refractivity contribution in [1.29, 1.82) is 0 Å². The fourth-order valence-electron chi connectivity index (χ4n) is 3.03. The lowest BCUT2D eigenvalue weighted by Crippen LogP contribution is -2.40. The maximum atomic E-state index is 5.94. The van der Waals surface area contributed by atoms with Gasteiger partial charge in [0.25, 0.3) is 5.89 Å². The number of hydrogen-bond acceptors (Lipinski definition) is 6. The van der Waals surface area contributed by atoms with Gasteiger partial charge >= 0.3 is 0 Å². The third-order valence-electron chi connectivity index (χ3n) is 4.45. The van der Waals surface area contributed by atoms with Gasteiger partial charge in [-0.3, -0.25) is 0 Å². The zero-order valence-electron chi connectivity index (χ0n) is 14.1. The van der Waals surface area contributed by atoms with Crippen molar-refractivity contribution < 1.29 is 13.9 Å². The number of likely N-dealkylation sites (N-methyl/N-ethyl adjacent to an activating group) is 1. The predicted octanol–water partition coefficient (Wildman–Crippen LogP) is 2.92. The number of hydrogen-bond donors (Lipinski definition) is 0. The summed E-state index contributed by atoms with van der Waals surface area (Å²) in [5.41, 5.74) is 0.842. The molecule has 1 aromatic heterocycles. The van der Waals surface area contributed by atoms with Crippen LogP contribution in [0, 0.1) is 5.92 Å². The van der Waals surface area contributed by atoms with E-state index in [1.54, 1.807) is 0 Å². The second-order valence-corrected chi connectivity index (χ2v) is 6.85. The van der Waals surface area contributed by atoms with Crippen LogP contribution in [0.1, 0.15) is 31.8 Å². The van der Waals surface area contributed by atoms with Crippen LogP contribution in [0.25, 0.3) is 11.5 Å². The van der Waals surface area contributed by atoms with Crippen LogP contribution in [0.15, 0.2) is 28.7 Å². The Morgan fingerprint density at radius 3 is 2.83 bits per heavy atom. The fraction of sp³-hybridized carbons (Fsp3) is 0.556. The Bertz CT molecular complexity index is 688. The quantitative estimate of drug-likeness (QED) is 0.840. The summed E-state index contributed by atoms with van der Waals surface area (Å²) in [6.07, 6.45) is 2.49. The molecule has 1 aliphatic carbocycles. The van der Waals surface area contributed by atoms with Crippen LogP contribution >= 0.6 is 0 Å². The molecule has 2 fully saturated rings. The van der Waals surface area contributed by atoms with Gasteiger partial charge in [0, 0.05) is 13.1 Å². The minimum absolute atomic E-state index is 0.151. The van der Waals surface area contributed by atoms with Crippen molar-refractivity contribution in [1.82, 2.24) is 15.1 Å². The van der Waals surface area contributed by atoms with Crippen molar-refractivity contribution in [2.45, 2.75) is 32.0 Å². The molecule has 4 rings (SSSR count). The number of aromatic nitrogens is 2. The number of rotatable bonds is 5. The first-order valence-electron chi connectivity index (χ1n) is 8.58. The molecule has 2 atom stereocenters. The highest BCUT2D eigenvalue weighted by Gasteiger charge is 2.29. The molecular formula is C18H23N3O3. The van der Waals surface area contributed by atoms with E-state index in [2.05, 4.69) is 29.1 Å². The topological polar surface area (TPSA) is 60.6 Å². The van der Waals surface area contributed by atoms with E-state index in [1.807, 2.05) is 24.3 Å². The van der Waals surface area contributed by atoms with Gasteiger partial charge < -0.3 is 18.8 Å². The standard InChI is InChI=1S/C18H23N3O3/c1-12-9-21(2)10-16(23-12)18-20-19-17(24-18)14-5-3-4-6-15(14)22-11-13-7-8-13/h3-6,12-13,16H,7-11H2,1-2H3/t12-,16-/m1/s1. The monoisotopic (exact) mass is 329 g/mol. The summed E-state index contributed by atoms with van der Waals surface area (Å²) < 4.78 is 17.8. The second kappa shape index (κ2) is 6.53. The minimum Gasteiger partial charge on any atom is -0.492 e. The number of ether oxygens (including phenoxy) is 2. The lowest BCUT2D eigenvalue weighted by molar-refractivity contribution is -0.0821. The van der Waals surface area contributed by atoms with Gasteiger partial charge in [-0.15, -0.1) is 10.2 Å². The molecule has 0 amide bonds. The molecule has 0 spiro atoms. The maximum Gasteiger partial charge on any atom is 0.251 e. The minimum atomic E-state index is -0.181. The molecule has 1 saturated heterocycles. The summed E-state index contributed by atoms with van der Waals surface area (Å²) in [6.45, 7) is 4.48. The molecule has 128 valence electrons. The zero-order valence-corrected chi connectivity index (χ0v) is 14.1. The van der Waals surface area contributed by atoms with E-state index in [9.17, 15) is 0 Å². The van der Waals surface area contributed by atoms with Gasteiger partial charge in [-0.2, -0.15) is 0 Å². The molecule has 2 aliphatic rings. The lowest BCUT2D eigenvalue weighted by atomic mass is 10.2. The normalized spacial score (nSPS) is 24.9. The largest absolute Gasteiger partial charge is 0.492 e. The van der Waals surface area contributed by atoms with Gasteiger partial charge in [0.2, 0.25) is 5.89 Å². The van der Waals surface area contributed by atoms with E-state index >= 15 is 0 Å². The molecule has 1 saturated carbocycles. The summed E-state index contributed by atoms with van der Waals surface area (Å²) in [5.74, 6) is 2.51. The van der Waals surface area contributed by atoms with Crippen molar-refractivity contribution in [3.05, 3.63) is 30.2 Å². The first-order valence-corrected chi connectivity index (χ1v) is 8.58. The van der Waals surface area contributed by atoms with Crippen LogP contribution in [0.5, 0.6) is 5.75 Å². The van der Waals surface area contributed by atoms with E-state index in [0.29, 0.717) is 17.7 Å². The van der Waals surface area contributed by atoms with Crippen LogP contribution in [0.2, 0.25) is 0 Å². The Morgan fingerprint density at radius 2 is 2.04 bits per heavy atom. The molecule has 1 aromatic carbocycles. The molecule has 0 N–H and O–H groups in total. The van der Waals surface area contributed by atoms with Crippen LogP contribution in [0.4, 0.5) is 0 Å².